The Morgan fingerprint density at radius 2 is 2.10 bits per heavy atom. The molecule has 112 valence electrons. The number of sulfone groups is 1. The topological polar surface area (TPSA) is 95.9 Å². The van der Waals surface area contributed by atoms with Crippen molar-refractivity contribution in [3.8, 4) is 0 Å². The van der Waals surface area contributed by atoms with Crippen molar-refractivity contribution in [2.24, 2.45) is 5.10 Å². The Hall–Kier alpha value is -1.44. The Kier molecular flexibility index (Phi) is 4.12. The van der Waals surface area contributed by atoms with Crippen LogP contribution >= 0.6 is 0 Å². The highest BCUT2D eigenvalue weighted by molar-refractivity contribution is 7.91. The second kappa shape index (κ2) is 5.51. The maximum atomic E-state index is 11.9. The standard InChI is InChI=1S/C12H19N3O4S/c1-8(2)13-12(17)10-3-4-11(16)15(14-10)9-5-6-20(18,19)7-9/h8-9H,3-7H2,1-2H3,(H,13,17). The molecule has 1 unspecified atom stereocenters. The molecule has 1 N–H and O–H groups in total. The lowest BCUT2D eigenvalue weighted by Crippen LogP contribution is -2.45. The number of hydrazone groups is 1. The van der Waals surface area contributed by atoms with Gasteiger partial charge in [0, 0.05) is 18.9 Å². The number of hydrogen-bond acceptors (Lipinski definition) is 5. The highest BCUT2D eigenvalue weighted by Gasteiger charge is 2.37. The Morgan fingerprint density at radius 1 is 1.40 bits per heavy atom. The zero-order valence-corrected chi connectivity index (χ0v) is 12.4. The highest BCUT2D eigenvalue weighted by atomic mass is 32.2. The van der Waals surface area contributed by atoms with Crippen molar-refractivity contribution in [2.75, 3.05) is 11.5 Å². The maximum absolute atomic E-state index is 11.9. The molecule has 2 amide bonds. The minimum atomic E-state index is -3.09. The second-order valence-corrected chi connectivity index (χ2v) is 7.70. The molecule has 0 aromatic rings. The Labute approximate surface area is 118 Å². The van der Waals surface area contributed by atoms with Crippen molar-refractivity contribution in [3.63, 3.8) is 0 Å². The van der Waals surface area contributed by atoms with Gasteiger partial charge in [-0.05, 0) is 20.3 Å². The van der Waals surface area contributed by atoms with Gasteiger partial charge >= 0.3 is 0 Å². The molecule has 0 aliphatic carbocycles. The van der Waals surface area contributed by atoms with Gasteiger partial charge in [-0.3, -0.25) is 9.59 Å². The van der Waals surface area contributed by atoms with Crippen LogP contribution in [0.1, 0.15) is 33.1 Å². The van der Waals surface area contributed by atoms with Crippen LogP contribution in [-0.4, -0.2) is 54.5 Å². The Balaban J connectivity index is 2.15. The molecule has 2 rings (SSSR count). The van der Waals surface area contributed by atoms with E-state index in [4.69, 9.17) is 0 Å². The number of nitrogens with zero attached hydrogens (tertiary/aromatic N) is 2. The minimum absolute atomic E-state index is 0.0110. The van der Waals surface area contributed by atoms with E-state index >= 15 is 0 Å². The van der Waals surface area contributed by atoms with Crippen molar-refractivity contribution in [1.82, 2.24) is 10.3 Å². The van der Waals surface area contributed by atoms with Crippen LogP contribution in [0.2, 0.25) is 0 Å². The molecule has 0 aromatic heterocycles. The third-order valence-corrected chi connectivity index (χ3v) is 5.05. The molecular weight excluding hydrogens is 282 g/mol. The fourth-order valence-electron chi connectivity index (χ4n) is 2.33. The molecule has 2 heterocycles. The van der Waals surface area contributed by atoms with E-state index in [0.29, 0.717) is 18.6 Å². The smallest absolute Gasteiger partial charge is 0.267 e. The summed E-state index contributed by atoms with van der Waals surface area (Å²) in [7, 11) is -3.09. The van der Waals surface area contributed by atoms with Gasteiger partial charge in [0.1, 0.15) is 5.71 Å². The van der Waals surface area contributed by atoms with Gasteiger partial charge in [-0.15, -0.1) is 0 Å². The van der Waals surface area contributed by atoms with Crippen molar-refractivity contribution >= 4 is 27.4 Å². The van der Waals surface area contributed by atoms with E-state index in [1.165, 1.54) is 5.01 Å². The van der Waals surface area contributed by atoms with Crippen LogP contribution in [0.25, 0.3) is 0 Å². The monoisotopic (exact) mass is 301 g/mol. The predicted molar refractivity (Wildman–Crippen MR) is 73.9 cm³/mol. The molecule has 2 aliphatic heterocycles. The second-order valence-electron chi connectivity index (χ2n) is 5.47. The molecular formula is C12H19N3O4S. The molecule has 0 spiro atoms. The summed E-state index contributed by atoms with van der Waals surface area (Å²) in [4.78, 5) is 23.8. The lowest BCUT2D eigenvalue weighted by atomic mass is 10.1. The molecule has 2 aliphatic rings. The minimum Gasteiger partial charge on any atom is -0.349 e. The van der Waals surface area contributed by atoms with Crippen LogP contribution in [0.15, 0.2) is 5.10 Å². The quantitative estimate of drug-likeness (QED) is 0.772. The number of carbonyl (C=O) groups is 2. The summed E-state index contributed by atoms with van der Waals surface area (Å²) in [5.41, 5.74) is 0.294. The Morgan fingerprint density at radius 3 is 2.65 bits per heavy atom. The van der Waals surface area contributed by atoms with E-state index in [2.05, 4.69) is 10.4 Å². The van der Waals surface area contributed by atoms with E-state index in [-0.39, 0.29) is 35.8 Å². The lowest BCUT2D eigenvalue weighted by molar-refractivity contribution is -0.133. The molecule has 0 radical (unpaired) electrons. The van der Waals surface area contributed by atoms with Gasteiger partial charge in [-0.2, -0.15) is 5.10 Å². The summed E-state index contributed by atoms with van der Waals surface area (Å²) < 4.78 is 23.0. The summed E-state index contributed by atoms with van der Waals surface area (Å²) in [5.74, 6) is -0.502. The average Bonchev–Trinajstić information content (AvgIpc) is 2.69. The first-order valence-corrected chi connectivity index (χ1v) is 8.51. The van der Waals surface area contributed by atoms with Crippen molar-refractivity contribution in [1.29, 1.82) is 0 Å². The van der Waals surface area contributed by atoms with Crippen LogP contribution in [-0.2, 0) is 19.4 Å². The first kappa shape index (κ1) is 15.0. The third kappa shape index (κ3) is 3.36. The zero-order valence-electron chi connectivity index (χ0n) is 11.6. The lowest BCUT2D eigenvalue weighted by Gasteiger charge is -2.27. The SMILES string of the molecule is CC(C)NC(=O)C1=NN(C2CCS(=O)(=O)C2)C(=O)CC1. The molecule has 8 heteroatoms. The van der Waals surface area contributed by atoms with Gasteiger partial charge in [-0.1, -0.05) is 0 Å². The van der Waals surface area contributed by atoms with E-state index in [9.17, 15) is 18.0 Å². The van der Waals surface area contributed by atoms with Gasteiger partial charge in [0.25, 0.3) is 5.91 Å². The van der Waals surface area contributed by atoms with Crippen molar-refractivity contribution < 1.29 is 18.0 Å². The number of amides is 2. The number of nitrogens with one attached hydrogen (secondary N) is 1. The maximum Gasteiger partial charge on any atom is 0.267 e. The molecule has 20 heavy (non-hydrogen) atoms. The van der Waals surface area contributed by atoms with Gasteiger partial charge in [0.2, 0.25) is 5.91 Å². The summed E-state index contributed by atoms with van der Waals surface area (Å²) in [5, 5.41) is 8.01. The highest BCUT2D eigenvalue weighted by Crippen LogP contribution is 2.22. The van der Waals surface area contributed by atoms with Crippen LogP contribution < -0.4 is 5.32 Å². The summed E-state index contributed by atoms with van der Waals surface area (Å²) in [6, 6.07) is -0.446. The summed E-state index contributed by atoms with van der Waals surface area (Å²) in [6.45, 7) is 3.68. The average molecular weight is 301 g/mol. The van der Waals surface area contributed by atoms with E-state index in [0.717, 1.165) is 0 Å². The molecule has 0 saturated carbocycles. The van der Waals surface area contributed by atoms with Crippen molar-refractivity contribution in [2.45, 2.75) is 45.2 Å². The van der Waals surface area contributed by atoms with E-state index < -0.39 is 15.9 Å². The van der Waals surface area contributed by atoms with Crippen LogP contribution in [0.4, 0.5) is 0 Å². The van der Waals surface area contributed by atoms with Gasteiger partial charge in [0.05, 0.1) is 17.5 Å². The number of carbonyl (C=O) groups excluding carboxylic acids is 2. The van der Waals surface area contributed by atoms with E-state index in [1.807, 2.05) is 13.8 Å². The molecule has 0 aromatic carbocycles. The molecule has 0 bridgehead atoms. The number of rotatable bonds is 3. The summed E-state index contributed by atoms with van der Waals surface area (Å²) in [6.07, 6.45) is 0.880. The normalized spacial score (nSPS) is 25.8. The Bertz CT molecular complexity index is 553. The van der Waals surface area contributed by atoms with Crippen LogP contribution in [0.3, 0.4) is 0 Å². The van der Waals surface area contributed by atoms with Crippen LogP contribution in [0, 0.1) is 0 Å². The van der Waals surface area contributed by atoms with Crippen molar-refractivity contribution in [3.05, 3.63) is 0 Å². The van der Waals surface area contributed by atoms with Crippen LogP contribution in [0.5, 0.6) is 0 Å². The fraction of sp³-hybridized carbons (Fsp3) is 0.750. The summed E-state index contributed by atoms with van der Waals surface area (Å²) >= 11 is 0. The molecule has 1 fully saturated rings. The largest absolute Gasteiger partial charge is 0.349 e. The number of hydrogen-bond donors (Lipinski definition) is 1. The first-order chi connectivity index (χ1) is 9.28. The molecule has 7 nitrogen and oxygen atoms in total. The van der Waals surface area contributed by atoms with E-state index in [1.54, 1.807) is 0 Å². The fourth-order valence-corrected chi connectivity index (χ4v) is 4.03. The van der Waals surface area contributed by atoms with Gasteiger partial charge < -0.3 is 5.32 Å². The predicted octanol–water partition coefficient (Wildman–Crippen LogP) is -0.323. The third-order valence-electron chi connectivity index (χ3n) is 3.30. The molecule has 1 atom stereocenters. The zero-order chi connectivity index (χ0) is 14.9. The van der Waals surface area contributed by atoms with Gasteiger partial charge in [0.15, 0.2) is 9.84 Å². The molecule has 1 saturated heterocycles. The first-order valence-electron chi connectivity index (χ1n) is 6.69. The van der Waals surface area contributed by atoms with Gasteiger partial charge in [-0.25, -0.2) is 13.4 Å².